The first kappa shape index (κ1) is 10.8. The molecule has 0 spiro atoms. The van der Waals surface area contributed by atoms with Gasteiger partial charge in [0.15, 0.2) is 0 Å². The molecule has 0 atom stereocenters. The van der Waals surface area contributed by atoms with E-state index in [1.807, 2.05) is 0 Å². The topological polar surface area (TPSA) is 66.4 Å². The molecule has 0 radical (unpaired) electrons. The van der Waals surface area contributed by atoms with Crippen LogP contribution in [0.1, 0.15) is 0 Å². The number of hydrogen-bond acceptors (Lipinski definition) is 2. The minimum absolute atomic E-state index is 0. The normalized spacial score (nSPS) is 10.1. The van der Waals surface area contributed by atoms with Crippen molar-refractivity contribution < 1.29 is 45.1 Å². The van der Waals surface area contributed by atoms with Crippen LogP contribution in [-0.4, -0.2) is 13.0 Å². The quantitative estimate of drug-likeness (QED) is 0.426. The van der Waals surface area contributed by atoms with Crippen LogP contribution < -0.4 is 3.80 Å². The molecule has 0 unspecified atom stereocenters. The van der Waals surface area contributed by atoms with Crippen molar-refractivity contribution in [3.8, 4) is 0 Å². The summed E-state index contributed by atoms with van der Waals surface area (Å²) in [4.78, 5) is 0. The first-order chi connectivity index (χ1) is 2.56. The Morgan fingerprint density at radius 2 is 1.71 bits per heavy atom. The van der Waals surface area contributed by atoms with Gasteiger partial charge in [-0.25, -0.2) is 0 Å². The Kier molecular flexibility index (Phi) is 5.86. The van der Waals surface area contributed by atoms with Gasteiger partial charge < -0.3 is 0 Å². The van der Waals surface area contributed by atoms with E-state index in [9.17, 15) is 8.42 Å². The molecule has 0 aromatic carbocycles. The van der Waals surface area contributed by atoms with Crippen molar-refractivity contribution in [1.29, 1.82) is 0 Å². The molecule has 0 fully saturated rings. The third-order valence-corrected chi connectivity index (χ3v) is 1.01. The number of nitrogens with one attached hydrogen (secondary N) is 1. The summed E-state index contributed by atoms with van der Waals surface area (Å²) in [5.74, 6) is 0. The van der Waals surface area contributed by atoms with Crippen molar-refractivity contribution in [3.63, 3.8) is 0 Å². The summed E-state index contributed by atoms with van der Waals surface area (Å²) in [5.41, 5.74) is 0. The zero-order valence-corrected chi connectivity index (χ0v) is 5.60. The summed E-state index contributed by atoms with van der Waals surface area (Å²) in [6.45, 7) is 0. The Balaban J connectivity index is 0. The second-order valence-electron chi connectivity index (χ2n) is 0.540. The Morgan fingerprint density at radius 1 is 1.57 bits per heavy atom. The van der Waals surface area contributed by atoms with Gasteiger partial charge in [0.05, 0.1) is 0 Å². The monoisotopic (exact) mass is 212 g/mol. The summed E-state index contributed by atoms with van der Waals surface area (Å²) < 4.78 is 27.6. The van der Waals surface area contributed by atoms with Crippen molar-refractivity contribution in [3.05, 3.63) is 0 Å². The van der Waals surface area contributed by atoms with Crippen LogP contribution in [-0.2, 0) is 42.5 Å². The van der Waals surface area contributed by atoms with Gasteiger partial charge in [-0.1, -0.05) is 0 Å². The van der Waals surface area contributed by atoms with Crippen LogP contribution >= 0.6 is 0 Å². The van der Waals surface area contributed by atoms with E-state index in [-0.39, 0.29) is 16.5 Å². The Labute approximate surface area is 59.4 Å². The summed E-state index contributed by atoms with van der Waals surface area (Å²) >= 11 is 3.44. The standard InChI is InChI=1S/H2NO3S.2Ni/c1-5(2,3)4;;/h(H2-,1,2,3,4);;/q-1;;+1. The maximum atomic E-state index is 9.35. The van der Waals surface area contributed by atoms with Crippen LogP contribution in [0.25, 0.3) is 0 Å². The molecular weight excluding hydrogens is 211 g/mol. The van der Waals surface area contributed by atoms with Crippen LogP contribution in [0.5, 0.6) is 0 Å². The molecular formula is H2NNi2O3S. The van der Waals surface area contributed by atoms with Crippen LogP contribution in [0.3, 0.4) is 0 Å². The molecule has 0 saturated heterocycles. The van der Waals surface area contributed by atoms with Gasteiger partial charge in [-0.3, -0.25) is 0 Å². The van der Waals surface area contributed by atoms with E-state index in [0.29, 0.717) is 0 Å². The van der Waals surface area contributed by atoms with Gasteiger partial charge in [-0.05, 0) is 0 Å². The maximum Gasteiger partial charge on any atom is 0 e. The van der Waals surface area contributed by atoms with E-state index in [1.54, 1.807) is 0 Å². The first-order valence-electron chi connectivity index (χ1n) is 0.878. The third kappa shape index (κ3) is 10.9. The van der Waals surface area contributed by atoms with Crippen molar-refractivity contribution in [2.75, 3.05) is 0 Å². The fourth-order valence-corrected chi connectivity index (χ4v) is 0. The van der Waals surface area contributed by atoms with Gasteiger partial charge in [0.2, 0.25) is 0 Å². The SMILES string of the molecule is O=S(=O)(O)[NH][Ni].[Ni]. The van der Waals surface area contributed by atoms with E-state index in [2.05, 4.69) is 15.7 Å². The Morgan fingerprint density at radius 3 is 1.71 bits per heavy atom. The first-order valence-corrected chi connectivity index (χ1v) is 2.81. The van der Waals surface area contributed by atoms with Crippen molar-refractivity contribution >= 4 is 10.3 Å². The largest absolute Gasteiger partial charge is 0 e. The zero-order valence-electron chi connectivity index (χ0n) is 2.80. The molecule has 0 aliphatic carbocycles. The minimum Gasteiger partial charge on any atom is 0 e. The molecule has 0 heterocycles. The third-order valence-electron chi connectivity index (χ3n) is 0.0816. The van der Waals surface area contributed by atoms with Gasteiger partial charge in [0.1, 0.15) is 0 Å². The fourth-order valence-electron chi connectivity index (χ4n) is 0. The van der Waals surface area contributed by atoms with E-state index in [4.69, 9.17) is 4.55 Å². The van der Waals surface area contributed by atoms with Crippen molar-refractivity contribution in [2.45, 2.75) is 0 Å². The average Bonchev–Trinajstić information content (AvgIpc) is 1.35. The predicted octanol–water partition coefficient (Wildman–Crippen LogP) is -1.16. The second-order valence-corrected chi connectivity index (χ2v) is 2.22. The molecule has 0 aliphatic rings. The van der Waals surface area contributed by atoms with Gasteiger partial charge >= 0.3 is 42.8 Å². The predicted molar refractivity (Wildman–Crippen MR) is 14.7 cm³/mol. The Hall–Kier alpha value is 0.857. The van der Waals surface area contributed by atoms with Gasteiger partial charge in [-0.2, -0.15) is 0 Å². The molecule has 0 bridgehead atoms. The van der Waals surface area contributed by atoms with Gasteiger partial charge in [-0.15, -0.1) is 0 Å². The van der Waals surface area contributed by atoms with E-state index < -0.39 is 10.3 Å². The van der Waals surface area contributed by atoms with Crippen LogP contribution in [0.2, 0.25) is 0 Å². The molecule has 0 amide bonds. The molecule has 0 aliphatic heterocycles. The minimum atomic E-state index is -4.08. The van der Waals surface area contributed by atoms with Crippen molar-refractivity contribution in [2.24, 2.45) is 0 Å². The van der Waals surface area contributed by atoms with E-state index in [0.717, 1.165) is 0 Å². The number of hydrogen-bond donors (Lipinski definition) is 2. The smallest absolute Gasteiger partial charge is 0 e. The molecule has 0 aromatic rings. The summed E-state index contributed by atoms with van der Waals surface area (Å²) in [6, 6.07) is 0. The van der Waals surface area contributed by atoms with Gasteiger partial charge in [0, 0.05) is 16.5 Å². The van der Waals surface area contributed by atoms with E-state index in [1.165, 1.54) is 3.80 Å². The van der Waals surface area contributed by atoms with Crippen LogP contribution in [0.4, 0.5) is 0 Å². The summed E-state index contributed by atoms with van der Waals surface area (Å²) in [5, 5.41) is 0. The van der Waals surface area contributed by atoms with Crippen molar-refractivity contribution in [1.82, 2.24) is 3.80 Å². The molecule has 51 valence electrons. The van der Waals surface area contributed by atoms with Crippen LogP contribution in [0, 0.1) is 0 Å². The molecule has 7 heavy (non-hydrogen) atoms. The molecule has 4 nitrogen and oxygen atoms in total. The maximum absolute atomic E-state index is 9.35. The zero-order chi connectivity index (χ0) is 5.21. The molecule has 0 saturated carbocycles. The fraction of sp³-hybridized carbons (Fsp3) is 0. The molecule has 0 aromatic heterocycles. The van der Waals surface area contributed by atoms with E-state index >= 15 is 0 Å². The number of rotatable bonds is 1. The molecule has 7 heteroatoms. The Bertz CT molecular complexity index is 115. The second kappa shape index (κ2) is 3.81. The summed E-state index contributed by atoms with van der Waals surface area (Å²) in [6.07, 6.45) is 0. The summed E-state index contributed by atoms with van der Waals surface area (Å²) in [7, 11) is -4.08. The average molecular weight is 213 g/mol. The van der Waals surface area contributed by atoms with Crippen LogP contribution in [0.15, 0.2) is 0 Å². The molecule has 0 rings (SSSR count). The van der Waals surface area contributed by atoms with Gasteiger partial charge in [0.25, 0.3) is 0 Å². The molecule has 2 N–H and O–H groups in total.